The number of benzene rings is 3. The van der Waals surface area contributed by atoms with Gasteiger partial charge in [-0.05, 0) is 23.8 Å². The van der Waals surface area contributed by atoms with Crippen LogP contribution in [0.5, 0.6) is 0 Å². The molecule has 0 saturated carbocycles. The van der Waals surface area contributed by atoms with E-state index < -0.39 is 7.92 Å². The summed E-state index contributed by atoms with van der Waals surface area (Å²) in [5.74, 6) is 0. The highest BCUT2D eigenvalue weighted by Gasteiger charge is 2.23. The van der Waals surface area contributed by atoms with Crippen LogP contribution in [0.15, 0.2) is 88.3 Å². The molecule has 0 aromatic heterocycles. The van der Waals surface area contributed by atoms with E-state index in [2.05, 4.69) is 15.5 Å². The zero-order valence-electron chi connectivity index (χ0n) is 14.8. The van der Waals surface area contributed by atoms with Crippen LogP contribution in [0.25, 0.3) is 0 Å². The maximum Gasteiger partial charge on any atom is 0.0740 e. The van der Waals surface area contributed by atoms with Crippen LogP contribution < -0.4 is 15.9 Å². The molecule has 0 unspecified atom stereocenters. The molecule has 0 atom stereocenters. The lowest BCUT2D eigenvalue weighted by atomic mass is 10.2. The molecule has 0 amide bonds. The Balaban J connectivity index is 2.34. The van der Waals surface area contributed by atoms with Crippen molar-refractivity contribution in [1.29, 1.82) is 0 Å². The molecular formula is C21H18N3O3P. The lowest BCUT2D eigenvalue weighted by Crippen LogP contribution is -2.27. The van der Waals surface area contributed by atoms with E-state index in [0.717, 1.165) is 32.6 Å². The molecule has 0 saturated heterocycles. The van der Waals surface area contributed by atoms with E-state index in [9.17, 15) is 0 Å². The number of hydrogen-bond acceptors (Lipinski definition) is 6. The maximum atomic E-state index is 9.11. The Bertz CT molecular complexity index is 903. The van der Waals surface area contributed by atoms with E-state index in [1.807, 2.05) is 72.8 Å². The third kappa shape index (κ3) is 4.08. The highest BCUT2D eigenvalue weighted by atomic mass is 31.1. The summed E-state index contributed by atoms with van der Waals surface area (Å²) in [7, 11) is -1.15. The van der Waals surface area contributed by atoms with Crippen molar-refractivity contribution in [3.8, 4) is 0 Å². The highest BCUT2D eigenvalue weighted by Crippen LogP contribution is 2.36. The fraction of sp³-hybridized carbons (Fsp3) is 0. The van der Waals surface area contributed by atoms with Crippen LogP contribution in [0, 0.1) is 0 Å². The molecule has 140 valence electrons. The quantitative estimate of drug-likeness (QED) is 0.261. The molecule has 0 bridgehead atoms. The summed E-state index contributed by atoms with van der Waals surface area (Å²) in [6.07, 6.45) is 4.20. The third-order valence-electron chi connectivity index (χ3n) is 4.12. The van der Waals surface area contributed by atoms with Gasteiger partial charge in [-0.2, -0.15) is 0 Å². The van der Waals surface area contributed by atoms with Crippen LogP contribution in [0.1, 0.15) is 16.7 Å². The van der Waals surface area contributed by atoms with Gasteiger partial charge in [0.25, 0.3) is 0 Å². The van der Waals surface area contributed by atoms with Crippen LogP contribution in [0.2, 0.25) is 0 Å². The molecule has 3 aromatic rings. The number of hydrogen-bond donors (Lipinski definition) is 3. The predicted octanol–water partition coefficient (Wildman–Crippen LogP) is 2.87. The molecule has 0 aliphatic heterocycles. The molecule has 28 heavy (non-hydrogen) atoms. The fourth-order valence-corrected chi connectivity index (χ4v) is 5.63. The summed E-state index contributed by atoms with van der Waals surface area (Å²) >= 11 is 0. The smallest absolute Gasteiger partial charge is 0.0740 e. The first-order valence-electron chi connectivity index (χ1n) is 8.39. The van der Waals surface area contributed by atoms with Gasteiger partial charge in [0.15, 0.2) is 0 Å². The first kappa shape index (κ1) is 19.3. The molecule has 0 aliphatic carbocycles. The monoisotopic (exact) mass is 391 g/mol. The second-order valence-electron chi connectivity index (χ2n) is 5.75. The van der Waals surface area contributed by atoms with Crippen molar-refractivity contribution in [3.05, 3.63) is 89.5 Å². The van der Waals surface area contributed by atoms with Crippen LogP contribution >= 0.6 is 7.92 Å². The van der Waals surface area contributed by atoms with Crippen molar-refractivity contribution in [3.63, 3.8) is 0 Å². The number of nitrogens with zero attached hydrogens (tertiary/aromatic N) is 3. The highest BCUT2D eigenvalue weighted by molar-refractivity contribution is 7.80. The Morgan fingerprint density at radius 1 is 0.500 bits per heavy atom. The van der Waals surface area contributed by atoms with Gasteiger partial charge in [0.1, 0.15) is 0 Å². The molecule has 0 fully saturated rings. The van der Waals surface area contributed by atoms with Gasteiger partial charge >= 0.3 is 0 Å². The van der Waals surface area contributed by atoms with Gasteiger partial charge in [0, 0.05) is 16.7 Å². The average Bonchev–Trinajstić information content (AvgIpc) is 2.72. The zero-order valence-corrected chi connectivity index (χ0v) is 15.7. The van der Waals surface area contributed by atoms with Gasteiger partial charge in [0.05, 0.1) is 18.6 Å². The Morgan fingerprint density at radius 3 is 1.07 bits per heavy atom. The summed E-state index contributed by atoms with van der Waals surface area (Å²) in [5.41, 5.74) is 2.30. The summed E-state index contributed by atoms with van der Waals surface area (Å²) in [5, 5.41) is 39.8. The van der Waals surface area contributed by atoms with E-state index in [1.54, 1.807) is 0 Å². The maximum absolute atomic E-state index is 9.11. The molecule has 6 nitrogen and oxygen atoms in total. The predicted molar refractivity (Wildman–Crippen MR) is 113 cm³/mol. The van der Waals surface area contributed by atoms with Gasteiger partial charge < -0.3 is 15.6 Å². The Labute approximate surface area is 163 Å². The van der Waals surface area contributed by atoms with Crippen molar-refractivity contribution < 1.29 is 15.6 Å². The largest absolute Gasteiger partial charge is 0.411 e. The van der Waals surface area contributed by atoms with E-state index >= 15 is 0 Å². The second-order valence-corrected chi connectivity index (χ2v) is 7.86. The van der Waals surface area contributed by atoms with Crippen LogP contribution in [0.4, 0.5) is 0 Å². The first-order chi connectivity index (χ1) is 13.8. The molecular weight excluding hydrogens is 373 g/mol. The van der Waals surface area contributed by atoms with Gasteiger partial charge in [-0.3, -0.25) is 0 Å². The summed E-state index contributed by atoms with van der Waals surface area (Å²) in [4.78, 5) is 0. The summed E-state index contributed by atoms with van der Waals surface area (Å²) in [6, 6.07) is 22.9. The van der Waals surface area contributed by atoms with Gasteiger partial charge in [-0.25, -0.2) is 0 Å². The standard InChI is InChI=1S/C21H18N3O3P/c25-22-13-16-7-1-4-10-19(16)28(20-11-5-2-8-17(20)14-23-26)21-12-6-3-9-18(21)15-24-27/h1-15,25-27H/b22-13+,23-14+,24-15+. The Kier molecular flexibility index (Phi) is 6.50. The van der Waals surface area contributed by atoms with E-state index in [1.165, 1.54) is 18.6 Å². The third-order valence-corrected chi connectivity index (χ3v) is 6.79. The number of oxime groups is 3. The second kappa shape index (κ2) is 9.44. The minimum atomic E-state index is -1.15. The van der Waals surface area contributed by atoms with Gasteiger partial charge in [0.2, 0.25) is 0 Å². The van der Waals surface area contributed by atoms with E-state index in [4.69, 9.17) is 15.6 Å². The summed E-state index contributed by atoms with van der Waals surface area (Å²) < 4.78 is 0. The van der Waals surface area contributed by atoms with E-state index in [0.29, 0.717) is 0 Å². The minimum absolute atomic E-state index is 0.766. The molecule has 3 aromatic carbocycles. The van der Waals surface area contributed by atoms with Crippen LogP contribution in [-0.2, 0) is 0 Å². The van der Waals surface area contributed by atoms with Crippen molar-refractivity contribution in [2.75, 3.05) is 0 Å². The van der Waals surface area contributed by atoms with Crippen molar-refractivity contribution in [1.82, 2.24) is 0 Å². The van der Waals surface area contributed by atoms with Crippen molar-refractivity contribution in [2.45, 2.75) is 0 Å². The minimum Gasteiger partial charge on any atom is -0.411 e. The Hall–Kier alpha value is -3.50. The molecule has 0 heterocycles. The molecule has 0 radical (unpaired) electrons. The lowest BCUT2D eigenvalue weighted by Gasteiger charge is -2.24. The lowest BCUT2D eigenvalue weighted by molar-refractivity contribution is 0.321. The SMILES string of the molecule is O/N=C/c1ccccc1P(c1ccccc1/C=N/O)c1ccccc1/C=N/O. The van der Waals surface area contributed by atoms with Crippen LogP contribution in [0.3, 0.4) is 0 Å². The molecule has 0 aliphatic rings. The molecule has 3 rings (SSSR count). The molecule has 7 heteroatoms. The molecule has 3 N–H and O–H groups in total. The Morgan fingerprint density at radius 2 is 0.786 bits per heavy atom. The normalized spacial score (nSPS) is 11.9. The fourth-order valence-electron chi connectivity index (χ4n) is 2.98. The average molecular weight is 391 g/mol. The zero-order chi connectivity index (χ0) is 19.8. The van der Waals surface area contributed by atoms with Gasteiger partial charge in [-0.1, -0.05) is 88.3 Å². The van der Waals surface area contributed by atoms with E-state index in [-0.39, 0.29) is 0 Å². The topological polar surface area (TPSA) is 97.8 Å². The van der Waals surface area contributed by atoms with Crippen molar-refractivity contribution >= 4 is 42.5 Å². The molecule has 0 spiro atoms. The number of rotatable bonds is 6. The van der Waals surface area contributed by atoms with Crippen molar-refractivity contribution in [2.24, 2.45) is 15.5 Å². The summed E-state index contributed by atoms with van der Waals surface area (Å²) in [6.45, 7) is 0. The first-order valence-corrected chi connectivity index (χ1v) is 9.74. The van der Waals surface area contributed by atoms with Crippen LogP contribution in [-0.4, -0.2) is 34.3 Å². The van der Waals surface area contributed by atoms with Gasteiger partial charge in [-0.15, -0.1) is 0 Å².